The van der Waals surface area contributed by atoms with Crippen molar-refractivity contribution in [1.29, 1.82) is 0 Å². The Labute approximate surface area is 132 Å². The molecule has 4 nitrogen and oxygen atoms in total. The zero-order valence-corrected chi connectivity index (χ0v) is 13.6. The van der Waals surface area contributed by atoms with Gasteiger partial charge in [-0.15, -0.1) is 0 Å². The van der Waals surface area contributed by atoms with E-state index in [4.69, 9.17) is 4.52 Å². The summed E-state index contributed by atoms with van der Waals surface area (Å²) in [4.78, 5) is 4.64. The number of aryl methyl sites for hydroxylation is 1. The molecule has 0 radical (unpaired) electrons. The monoisotopic (exact) mass is 347 g/mol. The van der Waals surface area contributed by atoms with E-state index < -0.39 is 0 Å². The van der Waals surface area contributed by atoms with Gasteiger partial charge in [0, 0.05) is 23.0 Å². The Morgan fingerprint density at radius 2 is 2.29 bits per heavy atom. The zero-order valence-electron chi connectivity index (χ0n) is 12.0. The second-order valence-corrected chi connectivity index (χ2v) is 7.10. The summed E-state index contributed by atoms with van der Waals surface area (Å²) < 4.78 is 6.63. The molecule has 0 unspecified atom stereocenters. The third-order valence-electron chi connectivity index (χ3n) is 4.75. The molecule has 2 aromatic rings. The van der Waals surface area contributed by atoms with E-state index in [2.05, 4.69) is 56.5 Å². The molecule has 5 heteroatoms. The fourth-order valence-electron chi connectivity index (χ4n) is 3.61. The highest BCUT2D eigenvalue weighted by atomic mass is 79.9. The van der Waals surface area contributed by atoms with Crippen molar-refractivity contribution < 1.29 is 4.52 Å². The molecule has 2 bridgehead atoms. The molecule has 0 spiro atoms. The van der Waals surface area contributed by atoms with E-state index in [1.807, 2.05) is 0 Å². The number of nitrogens with one attached hydrogen (secondary N) is 1. The average molecular weight is 348 g/mol. The molecule has 0 saturated carbocycles. The van der Waals surface area contributed by atoms with Crippen LogP contribution in [-0.4, -0.2) is 22.2 Å². The number of benzene rings is 1. The largest absolute Gasteiger partial charge is 0.339 e. The van der Waals surface area contributed by atoms with Gasteiger partial charge in [0.2, 0.25) is 5.89 Å². The topological polar surface area (TPSA) is 51.0 Å². The Morgan fingerprint density at radius 3 is 3.00 bits per heavy atom. The first kappa shape index (κ1) is 13.5. The molecule has 4 rings (SSSR count). The third-order valence-corrected chi connectivity index (χ3v) is 5.25. The highest BCUT2D eigenvalue weighted by Gasteiger charge is 2.42. The normalized spacial score (nSPS) is 27.4. The molecule has 2 aliphatic rings. The molecule has 1 aromatic carbocycles. The molecule has 110 valence electrons. The van der Waals surface area contributed by atoms with Crippen molar-refractivity contribution in [1.82, 2.24) is 15.5 Å². The van der Waals surface area contributed by atoms with Crippen LogP contribution < -0.4 is 5.32 Å². The highest BCUT2D eigenvalue weighted by molar-refractivity contribution is 9.10. The van der Waals surface area contributed by atoms with Crippen LogP contribution in [0.1, 0.15) is 48.0 Å². The van der Waals surface area contributed by atoms with Gasteiger partial charge in [0.25, 0.3) is 0 Å². The molecule has 21 heavy (non-hydrogen) atoms. The van der Waals surface area contributed by atoms with Gasteiger partial charge in [-0.1, -0.05) is 27.2 Å². The van der Waals surface area contributed by atoms with Crippen LogP contribution in [0.25, 0.3) is 0 Å². The van der Waals surface area contributed by atoms with E-state index >= 15 is 0 Å². The lowest BCUT2D eigenvalue weighted by Gasteiger charge is -2.15. The van der Waals surface area contributed by atoms with Crippen molar-refractivity contribution >= 4 is 15.9 Å². The lowest BCUT2D eigenvalue weighted by Crippen LogP contribution is -2.21. The zero-order chi connectivity index (χ0) is 14.4. The van der Waals surface area contributed by atoms with Crippen LogP contribution in [0, 0.1) is 6.92 Å². The fraction of sp³-hybridized carbons (Fsp3) is 0.500. The Kier molecular flexibility index (Phi) is 3.34. The Hall–Kier alpha value is -1.20. The molecule has 3 heterocycles. The van der Waals surface area contributed by atoms with Gasteiger partial charge in [0.05, 0.1) is 5.92 Å². The summed E-state index contributed by atoms with van der Waals surface area (Å²) in [6.07, 6.45) is 4.40. The number of halogens is 1. The van der Waals surface area contributed by atoms with Crippen LogP contribution in [0.15, 0.2) is 27.2 Å². The van der Waals surface area contributed by atoms with Gasteiger partial charge in [-0.3, -0.25) is 0 Å². The summed E-state index contributed by atoms with van der Waals surface area (Å²) in [6, 6.07) is 7.50. The molecular formula is C16H18BrN3O. The fourth-order valence-corrected chi connectivity index (χ4v) is 4.09. The van der Waals surface area contributed by atoms with Crippen molar-refractivity contribution in [3.63, 3.8) is 0 Å². The van der Waals surface area contributed by atoms with Crippen molar-refractivity contribution in [2.24, 2.45) is 0 Å². The van der Waals surface area contributed by atoms with Crippen molar-refractivity contribution in [2.75, 3.05) is 0 Å². The van der Waals surface area contributed by atoms with Crippen LogP contribution >= 0.6 is 15.9 Å². The van der Waals surface area contributed by atoms with Crippen LogP contribution in [0.2, 0.25) is 0 Å². The standard InChI is InChI=1S/C16H18BrN3O/c1-9-6-11(17)3-2-10(9)7-15-19-16(21-20-15)13-8-12-4-5-14(13)18-12/h2-3,6,12-14,18H,4-5,7-8H2,1H3/t12-,13+,14+/m1/s1. The lowest BCUT2D eigenvalue weighted by atomic mass is 9.89. The van der Waals surface area contributed by atoms with Gasteiger partial charge in [0.15, 0.2) is 5.82 Å². The summed E-state index contributed by atoms with van der Waals surface area (Å²) in [5.41, 5.74) is 2.49. The molecule has 2 aliphatic heterocycles. The van der Waals surface area contributed by atoms with Crippen molar-refractivity contribution in [3.8, 4) is 0 Å². The Morgan fingerprint density at radius 1 is 1.38 bits per heavy atom. The molecule has 2 saturated heterocycles. The second-order valence-electron chi connectivity index (χ2n) is 6.19. The van der Waals surface area contributed by atoms with Gasteiger partial charge < -0.3 is 9.84 Å². The van der Waals surface area contributed by atoms with Gasteiger partial charge in [-0.05, 0) is 49.4 Å². The van der Waals surface area contributed by atoms with E-state index in [1.54, 1.807) is 0 Å². The summed E-state index contributed by atoms with van der Waals surface area (Å²) in [5.74, 6) is 2.02. The molecule has 1 N–H and O–H groups in total. The second kappa shape index (κ2) is 5.21. The predicted molar refractivity (Wildman–Crippen MR) is 83.3 cm³/mol. The first-order chi connectivity index (χ1) is 10.2. The maximum atomic E-state index is 5.53. The summed E-state index contributed by atoms with van der Waals surface area (Å²) in [5, 5.41) is 7.80. The van der Waals surface area contributed by atoms with Crippen LogP contribution in [0.4, 0.5) is 0 Å². The molecule has 3 atom stereocenters. The lowest BCUT2D eigenvalue weighted by molar-refractivity contribution is 0.327. The smallest absolute Gasteiger partial charge is 0.231 e. The minimum absolute atomic E-state index is 0.413. The predicted octanol–water partition coefficient (Wildman–Crippen LogP) is 3.34. The van der Waals surface area contributed by atoms with E-state index in [9.17, 15) is 0 Å². The van der Waals surface area contributed by atoms with E-state index in [1.165, 1.54) is 24.0 Å². The van der Waals surface area contributed by atoms with Crippen molar-refractivity contribution in [2.45, 2.75) is 50.6 Å². The highest BCUT2D eigenvalue weighted by Crippen LogP contribution is 2.39. The number of rotatable bonds is 3. The third kappa shape index (κ3) is 2.53. The van der Waals surface area contributed by atoms with E-state index in [0.29, 0.717) is 18.0 Å². The van der Waals surface area contributed by atoms with Gasteiger partial charge in [-0.2, -0.15) is 4.98 Å². The number of aromatic nitrogens is 2. The summed E-state index contributed by atoms with van der Waals surface area (Å²) >= 11 is 3.49. The first-order valence-electron chi connectivity index (χ1n) is 7.52. The molecule has 0 aliphatic carbocycles. The average Bonchev–Trinajstić information content (AvgIpc) is 3.17. The number of fused-ring (bicyclic) bond motifs is 2. The molecule has 2 fully saturated rings. The molecular weight excluding hydrogens is 330 g/mol. The number of hydrogen-bond acceptors (Lipinski definition) is 4. The number of hydrogen-bond donors (Lipinski definition) is 1. The van der Waals surface area contributed by atoms with Crippen LogP contribution in [-0.2, 0) is 6.42 Å². The maximum absolute atomic E-state index is 5.53. The van der Waals surface area contributed by atoms with Crippen LogP contribution in [0.3, 0.4) is 0 Å². The van der Waals surface area contributed by atoms with E-state index in [0.717, 1.165) is 29.0 Å². The van der Waals surface area contributed by atoms with Gasteiger partial charge in [-0.25, -0.2) is 0 Å². The SMILES string of the molecule is Cc1cc(Br)ccc1Cc1noc([C@H]2C[C@H]3CC[C@@H]2N3)n1. The minimum Gasteiger partial charge on any atom is -0.339 e. The van der Waals surface area contributed by atoms with Gasteiger partial charge in [0.1, 0.15) is 0 Å². The molecule has 0 amide bonds. The van der Waals surface area contributed by atoms with Crippen LogP contribution in [0.5, 0.6) is 0 Å². The maximum Gasteiger partial charge on any atom is 0.231 e. The Bertz CT molecular complexity index is 669. The minimum atomic E-state index is 0.413. The summed E-state index contributed by atoms with van der Waals surface area (Å²) in [6.45, 7) is 2.11. The first-order valence-corrected chi connectivity index (χ1v) is 8.32. The molecule has 1 aromatic heterocycles. The van der Waals surface area contributed by atoms with Crippen molar-refractivity contribution in [3.05, 3.63) is 45.5 Å². The van der Waals surface area contributed by atoms with E-state index in [-0.39, 0.29) is 0 Å². The number of nitrogens with zero attached hydrogens (tertiary/aromatic N) is 2. The quantitative estimate of drug-likeness (QED) is 0.924. The Balaban J connectivity index is 1.52. The van der Waals surface area contributed by atoms with Gasteiger partial charge >= 0.3 is 0 Å². The summed E-state index contributed by atoms with van der Waals surface area (Å²) in [7, 11) is 0.